The van der Waals surface area contributed by atoms with Gasteiger partial charge in [0.2, 0.25) is 0 Å². The second kappa shape index (κ2) is 8.25. The van der Waals surface area contributed by atoms with Gasteiger partial charge < -0.3 is 0 Å². The molecule has 0 unspecified atom stereocenters. The summed E-state index contributed by atoms with van der Waals surface area (Å²) in [5, 5.41) is 0. The molecule has 0 saturated heterocycles. The highest BCUT2D eigenvalue weighted by molar-refractivity contribution is 4.71. The largest absolute Gasteiger partial charge is 0.288 e. The molecular weight excluding hydrogens is 172 g/mol. The van der Waals surface area contributed by atoms with Gasteiger partial charge in [0, 0.05) is 0 Å². The third kappa shape index (κ3) is 3.97. The molecule has 0 spiro atoms. The van der Waals surface area contributed by atoms with E-state index in [0.29, 0.717) is 6.17 Å². The predicted molar refractivity (Wildman–Crippen MR) is 64.2 cm³/mol. The molecule has 0 aliphatic heterocycles. The van der Waals surface area contributed by atoms with Gasteiger partial charge in [0.25, 0.3) is 0 Å². The van der Waals surface area contributed by atoms with Crippen molar-refractivity contribution in [3.8, 4) is 0 Å². The molecule has 2 nitrogen and oxygen atoms in total. The van der Waals surface area contributed by atoms with Crippen LogP contribution in [0.1, 0.15) is 40.5 Å². The minimum absolute atomic E-state index is 0.595. The van der Waals surface area contributed by atoms with E-state index in [0.717, 1.165) is 32.6 Å². The van der Waals surface area contributed by atoms with Crippen molar-refractivity contribution in [1.29, 1.82) is 0 Å². The molecule has 0 atom stereocenters. The van der Waals surface area contributed by atoms with E-state index in [2.05, 4.69) is 44.4 Å². The van der Waals surface area contributed by atoms with Gasteiger partial charge in [-0.2, -0.15) is 0 Å². The maximum atomic E-state index is 3.97. The first-order valence-electron chi connectivity index (χ1n) is 6.02. The van der Waals surface area contributed by atoms with Crippen LogP contribution in [0.15, 0.2) is 0 Å². The van der Waals surface area contributed by atoms with Crippen molar-refractivity contribution < 1.29 is 0 Å². The Kier molecular flexibility index (Phi) is 8.20. The molecule has 14 heavy (non-hydrogen) atoms. The van der Waals surface area contributed by atoms with Gasteiger partial charge in [-0.1, -0.05) is 41.0 Å². The smallest absolute Gasteiger partial charge is 0.0622 e. The summed E-state index contributed by atoms with van der Waals surface area (Å²) < 4.78 is 0. The minimum Gasteiger partial charge on any atom is -0.288 e. The van der Waals surface area contributed by atoms with Crippen molar-refractivity contribution in [2.75, 3.05) is 26.2 Å². The SMILES string of the molecule is [CH2]CCC(N(CC)CC)N(CC)CC. The third-order valence-electron chi connectivity index (χ3n) is 2.93. The molecule has 85 valence electrons. The molecular formula is C12H27N2. The molecule has 0 aromatic carbocycles. The van der Waals surface area contributed by atoms with Crippen LogP contribution in [0.2, 0.25) is 0 Å². The lowest BCUT2D eigenvalue weighted by molar-refractivity contribution is 0.0508. The van der Waals surface area contributed by atoms with Crippen LogP contribution in [0.25, 0.3) is 0 Å². The van der Waals surface area contributed by atoms with E-state index in [1.165, 1.54) is 6.42 Å². The number of hydrogen-bond acceptors (Lipinski definition) is 2. The molecule has 0 aromatic heterocycles. The zero-order chi connectivity index (χ0) is 11.0. The highest BCUT2D eigenvalue weighted by Crippen LogP contribution is 2.11. The van der Waals surface area contributed by atoms with E-state index < -0.39 is 0 Å². The number of hydrogen-bond donors (Lipinski definition) is 0. The summed E-state index contributed by atoms with van der Waals surface area (Å²) in [5.74, 6) is 0. The zero-order valence-electron chi connectivity index (χ0n) is 10.4. The van der Waals surface area contributed by atoms with Crippen LogP contribution in [-0.4, -0.2) is 42.1 Å². The Bertz CT molecular complexity index is 105. The molecule has 0 heterocycles. The van der Waals surface area contributed by atoms with E-state index in [1.54, 1.807) is 0 Å². The van der Waals surface area contributed by atoms with E-state index in [4.69, 9.17) is 0 Å². The Morgan fingerprint density at radius 3 is 1.43 bits per heavy atom. The molecule has 0 N–H and O–H groups in total. The fourth-order valence-electron chi connectivity index (χ4n) is 2.07. The van der Waals surface area contributed by atoms with Crippen LogP contribution >= 0.6 is 0 Å². The van der Waals surface area contributed by atoms with E-state index in [9.17, 15) is 0 Å². The maximum absolute atomic E-state index is 3.97. The van der Waals surface area contributed by atoms with Crippen molar-refractivity contribution in [2.45, 2.75) is 46.7 Å². The van der Waals surface area contributed by atoms with E-state index in [1.807, 2.05) is 0 Å². The van der Waals surface area contributed by atoms with Gasteiger partial charge in [0.05, 0.1) is 6.17 Å². The minimum atomic E-state index is 0.595. The lowest BCUT2D eigenvalue weighted by Gasteiger charge is -2.37. The normalized spacial score (nSPS) is 12.0. The molecule has 2 heteroatoms. The van der Waals surface area contributed by atoms with Crippen LogP contribution < -0.4 is 0 Å². The fraction of sp³-hybridized carbons (Fsp3) is 0.917. The summed E-state index contributed by atoms with van der Waals surface area (Å²) in [6, 6.07) is 0. The Balaban J connectivity index is 4.36. The van der Waals surface area contributed by atoms with Crippen molar-refractivity contribution in [1.82, 2.24) is 9.80 Å². The second-order valence-corrected chi connectivity index (χ2v) is 3.57. The summed E-state index contributed by atoms with van der Waals surface area (Å²) in [4.78, 5) is 5.05. The molecule has 0 aliphatic rings. The van der Waals surface area contributed by atoms with Crippen molar-refractivity contribution in [3.63, 3.8) is 0 Å². The number of nitrogens with zero attached hydrogens (tertiary/aromatic N) is 2. The third-order valence-corrected chi connectivity index (χ3v) is 2.93. The topological polar surface area (TPSA) is 6.48 Å². The summed E-state index contributed by atoms with van der Waals surface area (Å²) in [6.45, 7) is 17.5. The molecule has 0 amide bonds. The summed E-state index contributed by atoms with van der Waals surface area (Å²) in [5.41, 5.74) is 0. The van der Waals surface area contributed by atoms with Gasteiger partial charge in [0.15, 0.2) is 0 Å². The molecule has 0 saturated carbocycles. The van der Waals surface area contributed by atoms with Crippen molar-refractivity contribution >= 4 is 0 Å². The van der Waals surface area contributed by atoms with Gasteiger partial charge in [-0.3, -0.25) is 9.80 Å². The van der Waals surface area contributed by atoms with Gasteiger partial charge in [-0.15, -0.1) is 0 Å². The molecule has 0 bridgehead atoms. The van der Waals surface area contributed by atoms with E-state index in [-0.39, 0.29) is 0 Å². The number of rotatable bonds is 8. The van der Waals surface area contributed by atoms with Crippen molar-refractivity contribution in [2.24, 2.45) is 0 Å². The first-order chi connectivity index (χ1) is 6.74. The van der Waals surface area contributed by atoms with Crippen LogP contribution in [0.5, 0.6) is 0 Å². The second-order valence-electron chi connectivity index (χ2n) is 3.57. The quantitative estimate of drug-likeness (QED) is 0.554. The van der Waals surface area contributed by atoms with Gasteiger partial charge in [-0.25, -0.2) is 0 Å². The van der Waals surface area contributed by atoms with Crippen LogP contribution in [0, 0.1) is 6.92 Å². The van der Waals surface area contributed by atoms with Crippen LogP contribution in [0.3, 0.4) is 0 Å². The Morgan fingerprint density at radius 1 is 0.857 bits per heavy atom. The fourth-order valence-corrected chi connectivity index (χ4v) is 2.07. The first-order valence-corrected chi connectivity index (χ1v) is 6.02. The predicted octanol–water partition coefficient (Wildman–Crippen LogP) is 2.61. The van der Waals surface area contributed by atoms with Gasteiger partial charge in [-0.05, 0) is 32.6 Å². The monoisotopic (exact) mass is 199 g/mol. The average molecular weight is 199 g/mol. The lowest BCUT2D eigenvalue weighted by Crippen LogP contribution is -2.48. The lowest BCUT2D eigenvalue weighted by atomic mass is 10.2. The van der Waals surface area contributed by atoms with Crippen LogP contribution in [0.4, 0.5) is 0 Å². The molecule has 0 rings (SSSR count). The highest BCUT2D eigenvalue weighted by Gasteiger charge is 2.19. The molecule has 1 radical (unpaired) electrons. The zero-order valence-corrected chi connectivity index (χ0v) is 10.4. The summed E-state index contributed by atoms with van der Waals surface area (Å²) in [6.07, 6.45) is 2.80. The van der Waals surface area contributed by atoms with Gasteiger partial charge >= 0.3 is 0 Å². The standard InChI is InChI=1S/C12H27N2/c1-6-11-12(13(7-2)8-3)14(9-4)10-5/h12H,1,6-11H2,2-5H3. The Morgan fingerprint density at radius 2 is 1.21 bits per heavy atom. The van der Waals surface area contributed by atoms with Gasteiger partial charge in [0.1, 0.15) is 0 Å². The van der Waals surface area contributed by atoms with Crippen LogP contribution in [-0.2, 0) is 0 Å². The average Bonchev–Trinajstić information content (AvgIpc) is 2.21. The highest BCUT2D eigenvalue weighted by atomic mass is 15.3. The Labute approximate surface area is 90.3 Å². The van der Waals surface area contributed by atoms with E-state index >= 15 is 0 Å². The van der Waals surface area contributed by atoms with Crippen molar-refractivity contribution in [3.05, 3.63) is 6.92 Å². The summed E-state index contributed by atoms with van der Waals surface area (Å²) in [7, 11) is 0. The molecule has 0 aromatic rings. The maximum Gasteiger partial charge on any atom is 0.0622 e. The summed E-state index contributed by atoms with van der Waals surface area (Å²) >= 11 is 0. The molecule has 0 aliphatic carbocycles. The molecule has 0 fully saturated rings. The Hall–Kier alpha value is -0.0800. The first kappa shape index (κ1) is 13.9.